The van der Waals surface area contributed by atoms with E-state index in [9.17, 15) is 9.90 Å². The molecule has 5 heteroatoms. The molecular weight excluding hydrogens is 216 g/mol. The lowest BCUT2D eigenvalue weighted by atomic mass is 10.2. The van der Waals surface area contributed by atoms with Crippen molar-refractivity contribution in [2.45, 2.75) is 20.3 Å². The second-order valence-electron chi connectivity index (χ2n) is 3.00. The Hall–Kier alpha value is -1.42. The van der Waals surface area contributed by atoms with Crippen molar-refractivity contribution in [2.24, 2.45) is 0 Å². The molecule has 0 aliphatic carbocycles. The van der Waals surface area contributed by atoms with Crippen molar-refractivity contribution in [3.63, 3.8) is 0 Å². The Balaban J connectivity index is 3.02. The summed E-state index contributed by atoms with van der Waals surface area (Å²) in [5, 5.41) is 9.24. The number of halogens is 1. The van der Waals surface area contributed by atoms with Gasteiger partial charge in [0.15, 0.2) is 5.15 Å². The Labute approximate surface area is 92.6 Å². The zero-order chi connectivity index (χ0) is 11.4. The Morgan fingerprint density at radius 2 is 2.33 bits per heavy atom. The first-order valence-corrected chi connectivity index (χ1v) is 4.85. The van der Waals surface area contributed by atoms with Gasteiger partial charge in [-0.05, 0) is 6.92 Å². The minimum atomic E-state index is -0.438. The van der Waals surface area contributed by atoms with E-state index in [4.69, 9.17) is 11.6 Å². The van der Waals surface area contributed by atoms with Crippen LogP contribution in [0, 0.1) is 6.92 Å². The Morgan fingerprint density at radius 3 is 2.87 bits per heavy atom. The predicted molar refractivity (Wildman–Crippen MR) is 57.1 cm³/mol. The lowest BCUT2D eigenvalue weighted by Gasteiger charge is -1.99. The fourth-order valence-electron chi connectivity index (χ4n) is 0.935. The minimum Gasteiger partial charge on any atom is -0.512 e. The molecule has 0 atom stereocenters. The van der Waals surface area contributed by atoms with Crippen molar-refractivity contribution < 1.29 is 9.90 Å². The molecule has 0 bridgehead atoms. The lowest BCUT2D eigenvalue weighted by molar-refractivity contribution is 0.103. The number of allylic oxidation sites excluding steroid dienone is 2. The molecule has 1 aromatic heterocycles. The fourth-order valence-corrected chi connectivity index (χ4v) is 1.21. The molecule has 80 valence electrons. The van der Waals surface area contributed by atoms with Gasteiger partial charge in [-0.15, -0.1) is 0 Å². The van der Waals surface area contributed by atoms with Crippen LogP contribution in [-0.2, 0) is 0 Å². The molecule has 1 heterocycles. The number of aryl methyl sites for hydroxylation is 1. The summed E-state index contributed by atoms with van der Waals surface area (Å²) in [4.78, 5) is 19.3. The van der Waals surface area contributed by atoms with E-state index < -0.39 is 5.78 Å². The number of nitrogens with zero attached hydrogens (tertiary/aromatic N) is 2. The van der Waals surface area contributed by atoms with Gasteiger partial charge >= 0.3 is 0 Å². The van der Waals surface area contributed by atoms with Crippen LogP contribution in [0.25, 0.3) is 0 Å². The normalized spacial score (nSPS) is 11.5. The molecule has 0 saturated carbocycles. The van der Waals surface area contributed by atoms with Crippen LogP contribution in [0.5, 0.6) is 0 Å². The lowest BCUT2D eigenvalue weighted by Crippen LogP contribution is -2.03. The van der Waals surface area contributed by atoms with Crippen LogP contribution in [-0.4, -0.2) is 20.9 Å². The van der Waals surface area contributed by atoms with Crippen molar-refractivity contribution in [1.29, 1.82) is 0 Å². The van der Waals surface area contributed by atoms with Gasteiger partial charge in [-0.3, -0.25) is 4.79 Å². The number of ketones is 1. The zero-order valence-electron chi connectivity index (χ0n) is 8.49. The van der Waals surface area contributed by atoms with E-state index in [0.29, 0.717) is 12.1 Å². The van der Waals surface area contributed by atoms with E-state index >= 15 is 0 Å². The van der Waals surface area contributed by atoms with Gasteiger partial charge in [-0.25, -0.2) is 9.97 Å². The average molecular weight is 227 g/mol. The Bertz CT molecular complexity index is 416. The van der Waals surface area contributed by atoms with Crippen molar-refractivity contribution in [3.8, 4) is 0 Å². The van der Waals surface area contributed by atoms with Crippen molar-refractivity contribution in [3.05, 3.63) is 34.6 Å². The molecule has 0 fully saturated rings. The maximum Gasteiger partial charge on any atom is 0.210 e. The third kappa shape index (κ3) is 3.02. The summed E-state index contributed by atoms with van der Waals surface area (Å²) >= 11 is 5.75. The van der Waals surface area contributed by atoms with E-state index in [0.717, 1.165) is 6.08 Å². The largest absolute Gasteiger partial charge is 0.512 e. The SMILES string of the molecule is CC/C(O)=C/C(=O)c1ncc(C)nc1Cl. The summed E-state index contributed by atoms with van der Waals surface area (Å²) in [6.45, 7) is 3.47. The van der Waals surface area contributed by atoms with Crippen LogP contribution < -0.4 is 0 Å². The second-order valence-corrected chi connectivity index (χ2v) is 3.36. The molecule has 1 N–H and O–H groups in total. The first kappa shape index (κ1) is 11.7. The highest BCUT2D eigenvalue weighted by Gasteiger charge is 2.11. The van der Waals surface area contributed by atoms with E-state index in [1.807, 2.05) is 0 Å². The molecule has 0 radical (unpaired) electrons. The van der Waals surface area contributed by atoms with E-state index in [-0.39, 0.29) is 16.6 Å². The zero-order valence-corrected chi connectivity index (χ0v) is 9.25. The van der Waals surface area contributed by atoms with Crippen LogP contribution in [0.1, 0.15) is 29.5 Å². The van der Waals surface area contributed by atoms with E-state index in [1.54, 1.807) is 13.8 Å². The van der Waals surface area contributed by atoms with Crippen molar-refractivity contribution in [1.82, 2.24) is 9.97 Å². The summed E-state index contributed by atoms with van der Waals surface area (Å²) in [5.74, 6) is -0.440. The number of hydrogen-bond acceptors (Lipinski definition) is 4. The number of aromatic nitrogens is 2. The topological polar surface area (TPSA) is 63.1 Å². The molecule has 0 aliphatic rings. The standard InChI is InChI=1S/C10H11ClN2O2/c1-3-7(14)4-8(15)9-10(11)13-6(2)5-12-9/h4-5,14H,3H2,1-2H3/b7-4-. The highest BCUT2D eigenvalue weighted by atomic mass is 35.5. The number of carbonyl (C=O) groups is 1. The first-order chi connectivity index (χ1) is 7.04. The van der Waals surface area contributed by atoms with Crippen LogP contribution in [0.4, 0.5) is 0 Å². The second kappa shape index (κ2) is 4.89. The molecule has 0 aromatic carbocycles. The number of aliphatic hydroxyl groups is 1. The molecule has 0 unspecified atom stereocenters. The van der Waals surface area contributed by atoms with Gasteiger partial charge in [0.05, 0.1) is 11.5 Å². The maximum atomic E-state index is 11.5. The third-order valence-electron chi connectivity index (χ3n) is 1.74. The Kier molecular flexibility index (Phi) is 3.80. The van der Waals surface area contributed by atoms with Crippen LogP contribution in [0.3, 0.4) is 0 Å². The summed E-state index contributed by atoms with van der Waals surface area (Å²) in [7, 11) is 0. The molecule has 15 heavy (non-hydrogen) atoms. The van der Waals surface area contributed by atoms with Gasteiger partial charge < -0.3 is 5.11 Å². The van der Waals surface area contributed by atoms with Gasteiger partial charge in [0, 0.05) is 18.7 Å². The van der Waals surface area contributed by atoms with Crippen molar-refractivity contribution in [2.75, 3.05) is 0 Å². The van der Waals surface area contributed by atoms with Crippen LogP contribution >= 0.6 is 11.6 Å². The molecule has 0 spiro atoms. The highest BCUT2D eigenvalue weighted by Crippen LogP contribution is 2.12. The first-order valence-electron chi connectivity index (χ1n) is 4.47. The van der Waals surface area contributed by atoms with E-state index in [2.05, 4.69) is 9.97 Å². The molecule has 0 aliphatic heterocycles. The third-order valence-corrected chi connectivity index (χ3v) is 2.01. The summed E-state index contributed by atoms with van der Waals surface area (Å²) in [6, 6.07) is 0. The van der Waals surface area contributed by atoms with Gasteiger partial charge in [0.25, 0.3) is 0 Å². The fraction of sp³-hybridized carbons (Fsp3) is 0.300. The van der Waals surface area contributed by atoms with Gasteiger partial charge in [-0.1, -0.05) is 18.5 Å². The predicted octanol–water partition coefficient (Wildman–Crippen LogP) is 2.47. The number of rotatable bonds is 3. The minimum absolute atomic E-state index is 0.00144. The number of aliphatic hydroxyl groups excluding tert-OH is 1. The van der Waals surface area contributed by atoms with Gasteiger partial charge in [0.1, 0.15) is 5.69 Å². The van der Waals surface area contributed by atoms with Crippen LogP contribution in [0.2, 0.25) is 5.15 Å². The number of carbonyl (C=O) groups excluding carboxylic acids is 1. The monoisotopic (exact) mass is 226 g/mol. The Morgan fingerprint density at radius 1 is 1.67 bits per heavy atom. The van der Waals surface area contributed by atoms with Gasteiger partial charge in [-0.2, -0.15) is 0 Å². The summed E-state index contributed by atoms with van der Waals surface area (Å²) < 4.78 is 0. The molecule has 0 amide bonds. The molecular formula is C10H11ClN2O2. The summed E-state index contributed by atoms with van der Waals surface area (Å²) in [5.41, 5.74) is 0.697. The molecule has 1 aromatic rings. The number of hydrogen-bond donors (Lipinski definition) is 1. The van der Waals surface area contributed by atoms with Crippen LogP contribution in [0.15, 0.2) is 18.0 Å². The molecule has 0 saturated heterocycles. The van der Waals surface area contributed by atoms with Gasteiger partial charge in [0.2, 0.25) is 5.78 Å². The molecule has 1 rings (SSSR count). The maximum absolute atomic E-state index is 11.5. The molecule has 4 nitrogen and oxygen atoms in total. The van der Waals surface area contributed by atoms with E-state index in [1.165, 1.54) is 6.20 Å². The highest BCUT2D eigenvalue weighted by molar-refractivity contribution is 6.33. The van der Waals surface area contributed by atoms with Crippen molar-refractivity contribution >= 4 is 17.4 Å². The quantitative estimate of drug-likeness (QED) is 0.489. The smallest absolute Gasteiger partial charge is 0.210 e. The summed E-state index contributed by atoms with van der Waals surface area (Å²) in [6.07, 6.45) is 2.95. The average Bonchev–Trinajstić information content (AvgIpc) is 2.17.